The van der Waals surface area contributed by atoms with Gasteiger partial charge in [0.15, 0.2) is 5.82 Å². The molecule has 0 aliphatic rings. The molecule has 1 atom stereocenters. The highest BCUT2D eigenvalue weighted by atomic mass is 16.2. The van der Waals surface area contributed by atoms with Gasteiger partial charge in [0.25, 0.3) is 5.91 Å². The molecule has 1 N–H and O–H groups in total. The van der Waals surface area contributed by atoms with Crippen molar-refractivity contribution in [3.63, 3.8) is 0 Å². The van der Waals surface area contributed by atoms with Crippen molar-refractivity contribution in [2.45, 2.75) is 19.9 Å². The van der Waals surface area contributed by atoms with E-state index in [-0.39, 0.29) is 11.9 Å². The van der Waals surface area contributed by atoms with Gasteiger partial charge in [-0.3, -0.25) is 14.5 Å². The van der Waals surface area contributed by atoms with Gasteiger partial charge in [-0.1, -0.05) is 0 Å². The van der Waals surface area contributed by atoms with Gasteiger partial charge >= 0.3 is 0 Å². The topological polar surface area (TPSA) is 85.6 Å². The lowest BCUT2D eigenvalue weighted by molar-refractivity contribution is 0.0930. The van der Waals surface area contributed by atoms with Crippen LogP contribution in [-0.2, 0) is 7.05 Å². The lowest BCUT2D eigenvalue weighted by Crippen LogP contribution is -2.29. The van der Waals surface area contributed by atoms with Crippen LogP contribution < -0.4 is 5.32 Å². The van der Waals surface area contributed by atoms with Crippen LogP contribution in [0.1, 0.15) is 34.7 Å². The molecule has 0 bridgehead atoms. The molecule has 0 aliphatic heterocycles. The highest BCUT2D eigenvalue weighted by molar-refractivity contribution is 5.92. The molecule has 0 aromatic carbocycles. The maximum atomic E-state index is 12.3. The van der Waals surface area contributed by atoms with Crippen molar-refractivity contribution in [2.24, 2.45) is 7.05 Å². The number of carbonyl (C=O) groups excluding carboxylic acids is 1. The molecule has 0 aliphatic carbocycles. The number of nitrogens with one attached hydrogen (secondary N) is 1. The third-order valence-electron chi connectivity index (χ3n) is 3.82. The molecule has 0 spiro atoms. The fourth-order valence-electron chi connectivity index (χ4n) is 2.49. The first-order chi connectivity index (χ1) is 11.6. The first-order valence-corrected chi connectivity index (χ1v) is 7.59. The molecule has 3 aromatic heterocycles. The minimum atomic E-state index is -0.209. The summed E-state index contributed by atoms with van der Waals surface area (Å²) in [6.07, 6.45) is 6.76. The minimum Gasteiger partial charge on any atom is -0.344 e. The molecule has 1 unspecified atom stereocenters. The smallest absolute Gasteiger partial charge is 0.270 e. The molecule has 0 radical (unpaired) electrons. The molecular formula is C17H18N6O. The van der Waals surface area contributed by atoms with Gasteiger partial charge < -0.3 is 5.32 Å². The Balaban J connectivity index is 1.79. The second-order valence-electron chi connectivity index (χ2n) is 5.51. The van der Waals surface area contributed by atoms with Crippen molar-refractivity contribution >= 4 is 5.91 Å². The Kier molecular flexibility index (Phi) is 4.33. The number of nitrogens with zero attached hydrogens (tertiary/aromatic N) is 5. The van der Waals surface area contributed by atoms with E-state index in [0.29, 0.717) is 11.5 Å². The van der Waals surface area contributed by atoms with Crippen LogP contribution in [0.15, 0.2) is 43.0 Å². The second kappa shape index (κ2) is 6.57. The Morgan fingerprint density at radius 3 is 2.58 bits per heavy atom. The first kappa shape index (κ1) is 15.8. The number of carbonyl (C=O) groups is 1. The largest absolute Gasteiger partial charge is 0.344 e. The monoisotopic (exact) mass is 322 g/mol. The van der Waals surface area contributed by atoms with Crippen LogP contribution in [-0.4, -0.2) is 30.6 Å². The molecule has 7 heteroatoms. The summed E-state index contributed by atoms with van der Waals surface area (Å²) in [4.78, 5) is 25.2. The van der Waals surface area contributed by atoms with Gasteiger partial charge in [-0.15, -0.1) is 0 Å². The standard InChI is InChI=1S/C17H18N6O/c1-11-14(10-19-16(21-11)13-4-7-18-8-5-13)12(2)22-17(24)15-6-9-20-23(15)3/h4-10,12H,1-3H3,(H,22,24). The molecule has 0 fully saturated rings. The Bertz CT molecular complexity index is 859. The van der Waals surface area contributed by atoms with E-state index in [4.69, 9.17) is 0 Å². The maximum Gasteiger partial charge on any atom is 0.270 e. The molecule has 1 amide bonds. The Hall–Kier alpha value is -3.09. The summed E-state index contributed by atoms with van der Waals surface area (Å²) in [7, 11) is 1.73. The number of aromatic nitrogens is 5. The molecule has 0 saturated carbocycles. The zero-order chi connectivity index (χ0) is 17.1. The van der Waals surface area contributed by atoms with Crippen LogP contribution in [0.4, 0.5) is 0 Å². The highest BCUT2D eigenvalue weighted by Gasteiger charge is 2.17. The average Bonchev–Trinajstić information content (AvgIpc) is 3.01. The Morgan fingerprint density at radius 1 is 1.21 bits per heavy atom. The van der Waals surface area contributed by atoms with E-state index >= 15 is 0 Å². The van der Waals surface area contributed by atoms with E-state index in [0.717, 1.165) is 16.8 Å². The lowest BCUT2D eigenvalue weighted by atomic mass is 10.1. The predicted molar refractivity (Wildman–Crippen MR) is 89.1 cm³/mol. The molecule has 122 valence electrons. The molecule has 3 heterocycles. The normalized spacial score (nSPS) is 12.0. The van der Waals surface area contributed by atoms with E-state index in [1.807, 2.05) is 26.0 Å². The van der Waals surface area contributed by atoms with Crippen molar-refractivity contribution in [2.75, 3.05) is 0 Å². The van der Waals surface area contributed by atoms with Gasteiger partial charge in [0, 0.05) is 48.7 Å². The molecule has 24 heavy (non-hydrogen) atoms. The summed E-state index contributed by atoms with van der Waals surface area (Å²) in [6.45, 7) is 3.82. The van der Waals surface area contributed by atoms with Gasteiger partial charge in [0.2, 0.25) is 0 Å². The number of rotatable bonds is 4. The molecule has 3 rings (SSSR count). The summed E-state index contributed by atoms with van der Waals surface area (Å²) < 4.78 is 1.54. The Morgan fingerprint density at radius 2 is 1.96 bits per heavy atom. The average molecular weight is 322 g/mol. The lowest BCUT2D eigenvalue weighted by Gasteiger charge is -2.16. The Labute approximate surface area is 139 Å². The van der Waals surface area contributed by atoms with Crippen molar-refractivity contribution < 1.29 is 4.79 Å². The van der Waals surface area contributed by atoms with Crippen LogP contribution in [0.2, 0.25) is 0 Å². The summed E-state index contributed by atoms with van der Waals surface area (Å²) in [5, 5.41) is 6.96. The third-order valence-corrected chi connectivity index (χ3v) is 3.82. The SMILES string of the molecule is Cc1nc(-c2ccncc2)ncc1C(C)NC(=O)c1ccnn1C. The summed E-state index contributed by atoms with van der Waals surface area (Å²) in [5.41, 5.74) is 3.12. The highest BCUT2D eigenvalue weighted by Crippen LogP contribution is 2.19. The van der Waals surface area contributed by atoms with Crippen LogP contribution in [0.25, 0.3) is 11.4 Å². The summed E-state index contributed by atoms with van der Waals surface area (Å²) >= 11 is 0. The van der Waals surface area contributed by atoms with Crippen molar-refractivity contribution in [1.29, 1.82) is 0 Å². The zero-order valence-electron chi connectivity index (χ0n) is 13.8. The van der Waals surface area contributed by atoms with E-state index in [9.17, 15) is 4.79 Å². The van der Waals surface area contributed by atoms with Crippen molar-refractivity contribution in [3.8, 4) is 11.4 Å². The third kappa shape index (κ3) is 3.15. The number of hydrogen-bond donors (Lipinski definition) is 1. The summed E-state index contributed by atoms with van der Waals surface area (Å²) in [6, 6.07) is 5.20. The fraction of sp³-hybridized carbons (Fsp3) is 0.235. The van der Waals surface area contributed by atoms with Gasteiger partial charge in [-0.05, 0) is 32.0 Å². The van der Waals surface area contributed by atoms with Crippen molar-refractivity contribution in [1.82, 2.24) is 30.0 Å². The second-order valence-corrected chi connectivity index (χ2v) is 5.51. The molecular weight excluding hydrogens is 304 g/mol. The predicted octanol–water partition coefficient (Wildman–Crippen LogP) is 2.07. The van der Waals surface area contributed by atoms with E-state index < -0.39 is 0 Å². The van der Waals surface area contributed by atoms with Crippen LogP contribution in [0, 0.1) is 6.92 Å². The van der Waals surface area contributed by atoms with Crippen LogP contribution >= 0.6 is 0 Å². The number of amides is 1. The van der Waals surface area contributed by atoms with Crippen molar-refractivity contribution in [3.05, 3.63) is 59.9 Å². The first-order valence-electron chi connectivity index (χ1n) is 7.59. The zero-order valence-corrected chi connectivity index (χ0v) is 13.8. The van der Waals surface area contributed by atoms with Gasteiger partial charge in [-0.25, -0.2) is 9.97 Å². The van der Waals surface area contributed by atoms with Crippen LogP contribution in [0.5, 0.6) is 0 Å². The van der Waals surface area contributed by atoms with Crippen LogP contribution in [0.3, 0.4) is 0 Å². The van der Waals surface area contributed by atoms with Gasteiger partial charge in [0.05, 0.1) is 6.04 Å². The fourth-order valence-corrected chi connectivity index (χ4v) is 2.49. The quantitative estimate of drug-likeness (QED) is 0.795. The summed E-state index contributed by atoms with van der Waals surface area (Å²) in [5.74, 6) is 0.462. The number of pyridine rings is 1. The van der Waals surface area contributed by atoms with E-state index in [1.165, 1.54) is 4.68 Å². The molecule has 7 nitrogen and oxygen atoms in total. The number of aryl methyl sites for hydroxylation is 2. The van der Waals surface area contributed by atoms with Gasteiger partial charge in [-0.2, -0.15) is 5.10 Å². The molecule has 3 aromatic rings. The van der Waals surface area contributed by atoms with E-state index in [1.54, 1.807) is 37.9 Å². The van der Waals surface area contributed by atoms with Gasteiger partial charge in [0.1, 0.15) is 5.69 Å². The minimum absolute atomic E-state index is 0.180. The maximum absolute atomic E-state index is 12.3. The van der Waals surface area contributed by atoms with E-state index in [2.05, 4.69) is 25.4 Å². The number of hydrogen-bond acceptors (Lipinski definition) is 5. The molecule has 0 saturated heterocycles.